The molecule has 0 bridgehead atoms. The van der Waals surface area contributed by atoms with Crippen LogP contribution in [0.15, 0.2) is 0 Å². The first kappa shape index (κ1) is 17.2. The number of nitrogens with zero attached hydrogens (tertiary/aromatic N) is 1. The fourth-order valence-electron chi connectivity index (χ4n) is 1.31. The average Bonchev–Trinajstić information content (AvgIpc) is 2.26. The van der Waals surface area contributed by atoms with Crippen LogP contribution in [0.4, 0.5) is 4.79 Å². The zero-order valence-corrected chi connectivity index (χ0v) is 11.2. The molecule has 2 amide bonds. The number of carboxylic acids is 2. The highest BCUT2D eigenvalue weighted by Gasteiger charge is 2.24. The summed E-state index contributed by atoms with van der Waals surface area (Å²) >= 11 is 0. The fourth-order valence-corrected chi connectivity index (χ4v) is 1.31. The van der Waals surface area contributed by atoms with Gasteiger partial charge in [-0.3, -0.25) is 4.79 Å². The number of aliphatic carboxylic acids is 2. The molecule has 2 atom stereocenters. The molecular formula is C11H20N2O6. The van der Waals surface area contributed by atoms with Crippen molar-refractivity contribution in [3.8, 4) is 0 Å². The minimum absolute atomic E-state index is 0.0480. The Morgan fingerprint density at radius 2 is 1.58 bits per heavy atom. The largest absolute Gasteiger partial charge is 0.480 e. The monoisotopic (exact) mass is 276 g/mol. The molecule has 0 fully saturated rings. The smallest absolute Gasteiger partial charge is 0.334 e. The first-order valence-corrected chi connectivity index (χ1v) is 5.84. The summed E-state index contributed by atoms with van der Waals surface area (Å²) in [6.07, 6.45) is -1.70. The summed E-state index contributed by atoms with van der Waals surface area (Å²) in [6, 6.07) is -1.81. The number of carboxylic acid groups (broad SMARTS) is 2. The van der Waals surface area contributed by atoms with Crippen LogP contribution in [0, 0.1) is 5.92 Å². The number of hydrogen-bond donors (Lipinski definition) is 4. The van der Waals surface area contributed by atoms with Gasteiger partial charge in [0.2, 0.25) is 0 Å². The molecule has 110 valence electrons. The van der Waals surface area contributed by atoms with Gasteiger partial charge in [-0.1, -0.05) is 13.8 Å². The van der Waals surface area contributed by atoms with E-state index in [2.05, 4.69) is 5.32 Å². The number of aliphatic hydroxyl groups excluding tert-OH is 1. The molecule has 0 rings (SSSR count). The zero-order chi connectivity index (χ0) is 15.2. The van der Waals surface area contributed by atoms with Crippen LogP contribution >= 0.6 is 0 Å². The van der Waals surface area contributed by atoms with Gasteiger partial charge >= 0.3 is 18.0 Å². The second kappa shape index (κ2) is 7.57. The molecule has 0 aromatic heterocycles. The number of rotatable bonds is 7. The Labute approximate surface area is 111 Å². The van der Waals surface area contributed by atoms with Crippen molar-refractivity contribution in [2.24, 2.45) is 5.92 Å². The van der Waals surface area contributed by atoms with Crippen LogP contribution in [0.1, 0.15) is 20.8 Å². The summed E-state index contributed by atoms with van der Waals surface area (Å²) in [5.41, 5.74) is 0. The molecule has 0 saturated carbocycles. The van der Waals surface area contributed by atoms with Crippen LogP contribution in [-0.4, -0.2) is 63.4 Å². The van der Waals surface area contributed by atoms with Crippen molar-refractivity contribution in [2.75, 3.05) is 13.1 Å². The van der Waals surface area contributed by atoms with Gasteiger partial charge in [-0.25, -0.2) is 9.59 Å². The molecule has 8 heteroatoms. The molecule has 0 aromatic rings. The van der Waals surface area contributed by atoms with Crippen molar-refractivity contribution in [3.05, 3.63) is 0 Å². The van der Waals surface area contributed by atoms with E-state index in [4.69, 9.17) is 10.2 Å². The van der Waals surface area contributed by atoms with Crippen LogP contribution < -0.4 is 5.32 Å². The molecule has 0 aromatic carbocycles. The summed E-state index contributed by atoms with van der Waals surface area (Å²) in [6.45, 7) is 4.73. The minimum atomic E-state index is -1.70. The Kier molecular flexibility index (Phi) is 6.84. The van der Waals surface area contributed by atoms with Crippen LogP contribution in [0.25, 0.3) is 0 Å². The number of hydrogen-bond acceptors (Lipinski definition) is 4. The summed E-state index contributed by atoms with van der Waals surface area (Å²) in [5.74, 6) is -2.59. The summed E-state index contributed by atoms with van der Waals surface area (Å²) < 4.78 is 0. The average molecular weight is 276 g/mol. The maximum Gasteiger partial charge on any atom is 0.334 e. The highest BCUT2D eigenvalue weighted by molar-refractivity contribution is 5.82. The van der Waals surface area contributed by atoms with E-state index < -0.39 is 36.7 Å². The molecule has 0 radical (unpaired) electrons. The van der Waals surface area contributed by atoms with E-state index in [0.717, 1.165) is 4.90 Å². The number of nitrogens with one attached hydrogen (secondary N) is 1. The van der Waals surface area contributed by atoms with Gasteiger partial charge in [-0.15, -0.1) is 0 Å². The highest BCUT2D eigenvalue weighted by Crippen LogP contribution is 2.02. The molecular weight excluding hydrogens is 256 g/mol. The van der Waals surface area contributed by atoms with E-state index >= 15 is 0 Å². The van der Waals surface area contributed by atoms with Crippen LogP contribution in [0.3, 0.4) is 0 Å². The molecule has 0 aliphatic carbocycles. The third-order valence-electron chi connectivity index (χ3n) is 2.26. The number of amides is 2. The van der Waals surface area contributed by atoms with Crippen LogP contribution in [-0.2, 0) is 9.59 Å². The first-order valence-electron chi connectivity index (χ1n) is 5.84. The SMILES string of the molecule is CC(C)CN(CC(O)C(=O)O)C(=O)N[C@@H](C)C(=O)O. The van der Waals surface area contributed by atoms with E-state index in [-0.39, 0.29) is 12.5 Å². The number of aliphatic hydroxyl groups is 1. The minimum Gasteiger partial charge on any atom is -0.480 e. The summed E-state index contributed by atoms with van der Waals surface area (Å²) in [5, 5.41) is 28.8. The molecule has 0 aliphatic heterocycles. The predicted octanol–water partition coefficient (Wildman–Crippen LogP) is -0.427. The lowest BCUT2D eigenvalue weighted by Gasteiger charge is -2.26. The van der Waals surface area contributed by atoms with Crippen molar-refractivity contribution < 1.29 is 29.7 Å². The van der Waals surface area contributed by atoms with Gasteiger partial charge in [0.15, 0.2) is 6.10 Å². The topological polar surface area (TPSA) is 127 Å². The van der Waals surface area contributed by atoms with Crippen molar-refractivity contribution in [2.45, 2.75) is 32.9 Å². The standard InChI is InChI=1S/C11H20N2O6/c1-6(2)4-13(5-8(14)10(17)18)11(19)12-7(3)9(15)16/h6-8,14H,4-5H2,1-3H3,(H,12,19)(H,15,16)(H,17,18)/t7-,8?/m0/s1. The molecule has 0 heterocycles. The summed E-state index contributed by atoms with van der Waals surface area (Å²) in [4.78, 5) is 34.1. The van der Waals surface area contributed by atoms with E-state index in [1.54, 1.807) is 0 Å². The molecule has 0 saturated heterocycles. The van der Waals surface area contributed by atoms with Crippen molar-refractivity contribution in [1.29, 1.82) is 0 Å². The van der Waals surface area contributed by atoms with Crippen LogP contribution in [0.2, 0.25) is 0 Å². The second-order valence-corrected chi connectivity index (χ2v) is 4.66. The highest BCUT2D eigenvalue weighted by atomic mass is 16.4. The third kappa shape index (κ3) is 6.61. The van der Waals surface area contributed by atoms with Gasteiger partial charge in [0, 0.05) is 6.54 Å². The third-order valence-corrected chi connectivity index (χ3v) is 2.26. The Balaban J connectivity index is 4.69. The molecule has 0 spiro atoms. The van der Waals surface area contributed by atoms with Gasteiger partial charge in [-0.2, -0.15) is 0 Å². The first-order chi connectivity index (χ1) is 8.65. The van der Waals surface area contributed by atoms with Gasteiger partial charge in [0.25, 0.3) is 0 Å². The molecule has 0 aliphatic rings. The molecule has 4 N–H and O–H groups in total. The van der Waals surface area contributed by atoms with E-state index in [1.807, 2.05) is 13.8 Å². The molecule has 8 nitrogen and oxygen atoms in total. The zero-order valence-electron chi connectivity index (χ0n) is 11.2. The lowest BCUT2D eigenvalue weighted by molar-refractivity contribution is -0.147. The Morgan fingerprint density at radius 1 is 1.05 bits per heavy atom. The number of urea groups is 1. The Morgan fingerprint density at radius 3 is 1.95 bits per heavy atom. The van der Waals surface area contributed by atoms with E-state index in [1.165, 1.54) is 6.92 Å². The van der Waals surface area contributed by atoms with E-state index in [0.29, 0.717) is 0 Å². The van der Waals surface area contributed by atoms with Crippen LogP contribution in [0.5, 0.6) is 0 Å². The summed E-state index contributed by atoms with van der Waals surface area (Å²) in [7, 11) is 0. The van der Waals surface area contributed by atoms with Gasteiger partial charge in [0.05, 0.1) is 6.54 Å². The van der Waals surface area contributed by atoms with Crippen molar-refractivity contribution in [1.82, 2.24) is 10.2 Å². The second-order valence-electron chi connectivity index (χ2n) is 4.66. The van der Waals surface area contributed by atoms with Gasteiger partial charge in [-0.05, 0) is 12.8 Å². The molecule has 1 unspecified atom stereocenters. The normalized spacial score (nSPS) is 13.7. The number of carbonyl (C=O) groups is 3. The number of carbonyl (C=O) groups excluding carboxylic acids is 1. The van der Waals surface area contributed by atoms with Crippen molar-refractivity contribution in [3.63, 3.8) is 0 Å². The van der Waals surface area contributed by atoms with Crippen molar-refractivity contribution >= 4 is 18.0 Å². The van der Waals surface area contributed by atoms with Gasteiger partial charge in [0.1, 0.15) is 6.04 Å². The Hall–Kier alpha value is -1.83. The Bertz CT molecular complexity index is 344. The predicted molar refractivity (Wildman–Crippen MR) is 65.7 cm³/mol. The van der Waals surface area contributed by atoms with E-state index in [9.17, 15) is 19.5 Å². The molecule has 19 heavy (non-hydrogen) atoms. The lowest BCUT2D eigenvalue weighted by Crippen LogP contribution is -2.50. The fraction of sp³-hybridized carbons (Fsp3) is 0.727. The lowest BCUT2D eigenvalue weighted by atomic mass is 10.2. The maximum absolute atomic E-state index is 11.8. The maximum atomic E-state index is 11.8. The quantitative estimate of drug-likeness (QED) is 0.500. The van der Waals surface area contributed by atoms with Gasteiger partial charge < -0.3 is 25.5 Å².